The molecule has 0 atom stereocenters. The number of nitrogens with one attached hydrogen (secondary N) is 1. The van der Waals surface area contributed by atoms with Crippen LogP contribution in [0, 0.1) is 19.8 Å². The number of imidazole rings is 1. The zero-order valence-corrected chi connectivity index (χ0v) is 18.6. The van der Waals surface area contributed by atoms with Gasteiger partial charge in [-0.3, -0.25) is 4.79 Å². The van der Waals surface area contributed by atoms with Crippen LogP contribution < -0.4 is 10.1 Å². The second-order valence-corrected chi connectivity index (χ2v) is 7.87. The van der Waals surface area contributed by atoms with E-state index < -0.39 is 0 Å². The van der Waals surface area contributed by atoms with Crippen molar-refractivity contribution in [2.24, 2.45) is 5.92 Å². The highest BCUT2D eigenvalue weighted by atomic mass is 16.5. The number of amides is 1. The molecule has 0 unspecified atom stereocenters. The van der Waals surface area contributed by atoms with Crippen LogP contribution in [-0.4, -0.2) is 22.1 Å². The molecule has 0 saturated carbocycles. The Labute approximate surface area is 179 Å². The van der Waals surface area contributed by atoms with Gasteiger partial charge in [-0.2, -0.15) is 0 Å². The first-order valence-electron chi connectivity index (χ1n) is 10.9. The number of hydrogen-bond donors (Lipinski definition) is 1. The molecule has 0 aliphatic rings. The van der Waals surface area contributed by atoms with Crippen LogP contribution in [0.2, 0.25) is 0 Å². The summed E-state index contributed by atoms with van der Waals surface area (Å²) in [6.07, 6.45) is 2.57. The van der Waals surface area contributed by atoms with Gasteiger partial charge in [-0.05, 0) is 62.4 Å². The number of rotatable bonds is 10. The summed E-state index contributed by atoms with van der Waals surface area (Å²) >= 11 is 0. The Morgan fingerprint density at radius 2 is 1.90 bits per heavy atom. The maximum absolute atomic E-state index is 12.4. The van der Waals surface area contributed by atoms with Crippen molar-refractivity contribution in [3.8, 4) is 5.75 Å². The van der Waals surface area contributed by atoms with Crippen molar-refractivity contribution in [1.82, 2.24) is 14.9 Å². The molecule has 160 valence electrons. The quantitative estimate of drug-likeness (QED) is 0.472. The third-order valence-electron chi connectivity index (χ3n) is 5.64. The highest BCUT2D eigenvalue weighted by Crippen LogP contribution is 2.20. The van der Waals surface area contributed by atoms with Crippen LogP contribution in [0.25, 0.3) is 11.0 Å². The number of carbonyl (C=O) groups excluding carboxylic acids is 1. The van der Waals surface area contributed by atoms with Crippen molar-refractivity contribution in [3.05, 3.63) is 59.4 Å². The van der Waals surface area contributed by atoms with Crippen LogP contribution >= 0.6 is 0 Å². The topological polar surface area (TPSA) is 56.2 Å². The number of aryl methyl sites for hydroxylation is 3. The normalized spacial score (nSPS) is 11.2. The van der Waals surface area contributed by atoms with Crippen LogP contribution in [0.15, 0.2) is 42.5 Å². The number of fused-ring (bicyclic) bond motifs is 1. The lowest BCUT2D eigenvalue weighted by molar-refractivity contribution is -0.125. The summed E-state index contributed by atoms with van der Waals surface area (Å²) in [6, 6.07) is 14.4. The van der Waals surface area contributed by atoms with Gasteiger partial charge in [0.25, 0.3) is 0 Å². The molecule has 3 rings (SSSR count). The molecule has 0 saturated heterocycles. The van der Waals surface area contributed by atoms with Gasteiger partial charge >= 0.3 is 0 Å². The van der Waals surface area contributed by atoms with Gasteiger partial charge in [-0.25, -0.2) is 4.98 Å². The van der Waals surface area contributed by atoms with Crippen molar-refractivity contribution < 1.29 is 9.53 Å². The maximum Gasteiger partial charge on any atom is 0.223 e. The van der Waals surface area contributed by atoms with Gasteiger partial charge in [0.2, 0.25) is 5.91 Å². The largest absolute Gasteiger partial charge is 0.493 e. The maximum atomic E-state index is 12.4. The molecule has 1 amide bonds. The van der Waals surface area contributed by atoms with Gasteiger partial charge in [0.05, 0.1) is 24.2 Å². The standard InChI is InChI=1S/C25H33N3O2/c1-5-20(6-2)25(29)26-17-24-27-21-10-7-8-11-22(21)28(24)14-9-15-30-23-16-18(3)12-13-19(23)4/h7-8,10-13,16,20H,5-6,9,14-15,17H2,1-4H3,(H,26,29). The predicted molar refractivity (Wildman–Crippen MR) is 122 cm³/mol. The first-order chi connectivity index (χ1) is 14.5. The molecule has 3 aromatic rings. The van der Waals surface area contributed by atoms with E-state index in [9.17, 15) is 4.79 Å². The monoisotopic (exact) mass is 407 g/mol. The van der Waals surface area contributed by atoms with Crippen LogP contribution in [0.1, 0.15) is 50.1 Å². The van der Waals surface area contributed by atoms with Crippen LogP contribution in [0.4, 0.5) is 0 Å². The van der Waals surface area contributed by atoms with E-state index >= 15 is 0 Å². The Bertz CT molecular complexity index is 989. The third kappa shape index (κ3) is 5.21. The number of benzene rings is 2. The summed E-state index contributed by atoms with van der Waals surface area (Å²) in [6.45, 7) is 10.1. The molecule has 0 aliphatic carbocycles. The summed E-state index contributed by atoms with van der Waals surface area (Å²) in [7, 11) is 0. The lowest BCUT2D eigenvalue weighted by Crippen LogP contribution is -2.30. The van der Waals surface area contributed by atoms with Crippen molar-refractivity contribution in [3.63, 3.8) is 0 Å². The first-order valence-corrected chi connectivity index (χ1v) is 10.9. The Hall–Kier alpha value is -2.82. The number of hydrogen-bond acceptors (Lipinski definition) is 3. The second-order valence-electron chi connectivity index (χ2n) is 7.87. The predicted octanol–water partition coefficient (Wildman–Crippen LogP) is 5.17. The zero-order chi connectivity index (χ0) is 21.5. The lowest BCUT2D eigenvalue weighted by Gasteiger charge is -2.14. The minimum absolute atomic E-state index is 0.0637. The fraction of sp³-hybridized carbons (Fsp3) is 0.440. The molecule has 30 heavy (non-hydrogen) atoms. The molecule has 2 aromatic carbocycles. The molecule has 0 fully saturated rings. The van der Waals surface area contributed by atoms with E-state index in [1.165, 1.54) is 5.56 Å². The minimum atomic E-state index is 0.0637. The molecule has 5 nitrogen and oxygen atoms in total. The molecule has 0 aliphatic heterocycles. The van der Waals surface area contributed by atoms with E-state index in [1.807, 2.05) is 18.2 Å². The molecule has 5 heteroatoms. The minimum Gasteiger partial charge on any atom is -0.493 e. The third-order valence-corrected chi connectivity index (χ3v) is 5.64. The first kappa shape index (κ1) is 21.9. The lowest BCUT2D eigenvalue weighted by atomic mass is 10.0. The van der Waals surface area contributed by atoms with Crippen LogP contribution in [0.5, 0.6) is 5.75 Å². The average molecular weight is 408 g/mol. The van der Waals surface area contributed by atoms with Gasteiger partial charge in [-0.1, -0.05) is 38.1 Å². The number of aromatic nitrogens is 2. The Morgan fingerprint density at radius 3 is 2.67 bits per heavy atom. The Kier molecular flexibility index (Phi) is 7.50. The molecule has 0 radical (unpaired) electrons. The summed E-state index contributed by atoms with van der Waals surface area (Å²) in [4.78, 5) is 17.2. The van der Waals surface area contributed by atoms with Crippen molar-refractivity contribution in [1.29, 1.82) is 0 Å². The van der Waals surface area contributed by atoms with E-state index in [4.69, 9.17) is 9.72 Å². The fourth-order valence-electron chi connectivity index (χ4n) is 3.75. The van der Waals surface area contributed by atoms with E-state index in [-0.39, 0.29) is 11.8 Å². The second kappa shape index (κ2) is 10.3. The molecule has 0 bridgehead atoms. The summed E-state index contributed by atoms with van der Waals surface area (Å²) in [5, 5.41) is 3.08. The highest BCUT2D eigenvalue weighted by Gasteiger charge is 2.16. The molecular weight excluding hydrogens is 374 g/mol. The van der Waals surface area contributed by atoms with Gasteiger partial charge < -0.3 is 14.6 Å². The zero-order valence-electron chi connectivity index (χ0n) is 18.6. The highest BCUT2D eigenvalue weighted by molar-refractivity contribution is 5.79. The van der Waals surface area contributed by atoms with Gasteiger partial charge in [-0.15, -0.1) is 0 Å². The van der Waals surface area contributed by atoms with Crippen LogP contribution in [-0.2, 0) is 17.9 Å². The number of para-hydroxylation sites is 2. The Morgan fingerprint density at radius 1 is 1.13 bits per heavy atom. The summed E-state index contributed by atoms with van der Waals surface area (Å²) < 4.78 is 8.23. The van der Waals surface area contributed by atoms with E-state index in [1.54, 1.807) is 0 Å². The SMILES string of the molecule is CCC(CC)C(=O)NCc1nc2ccccc2n1CCCOc1cc(C)ccc1C. The average Bonchev–Trinajstić information content (AvgIpc) is 3.10. The molecule has 0 spiro atoms. The smallest absolute Gasteiger partial charge is 0.223 e. The van der Waals surface area contributed by atoms with Crippen molar-refractivity contribution >= 4 is 16.9 Å². The van der Waals surface area contributed by atoms with E-state index in [2.05, 4.69) is 61.8 Å². The fourth-order valence-corrected chi connectivity index (χ4v) is 3.75. The molecule has 1 N–H and O–H groups in total. The van der Waals surface area contributed by atoms with Gasteiger partial charge in [0.1, 0.15) is 11.6 Å². The van der Waals surface area contributed by atoms with Gasteiger partial charge in [0.15, 0.2) is 0 Å². The van der Waals surface area contributed by atoms with Crippen molar-refractivity contribution in [2.45, 2.75) is 60.0 Å². The van der Waals surface area contributed by atoms with Crippen molar-refractivity contribution in [2.75, 3.05) is 6.61 Å². The molecule has 1 heterocycles. The summed E-state index contributed by atoms with van der Waals surface area (Å²) in [5.41, 5.74) is 4.40. The molecular formula is C25H33N3O2. The number of carbonyl (C=O) groups is 1. The van der Waals surface area contributed by atoms with E-state index in [0.717, 1.165) is 54.0 Å². The number of nitrogens with zero attached hydrogens (tertiary/aromatic N) is 2. The van der Waals surface area contributed by atoms with Gasteiger partial charge in [0, 0.05) is 12.5 Å². The molecule has 1 aromatic heterocycles. The summed E-state index contributed by atoms with van der Waals surface area (Å²) in [5.74, 6) is 2.01. The van der Waals surface area contributed by atoms with Crippen LogP contribution in [0.3, 0.4) is 0 Å². The number of ether oxygens (including phenoxy) is 1. The van der Waals surface area contributed by atoms with E-state index in [0.29, 0.717) is 13.2 Å². The Balaban J connectivity index is 1.67.